The van der Waals surface area contributed by atoms with Crippen LogP contribution in [0.2, 0.25) is 0 Å². The van der Waals surface area contributed by atoms with Gasteiger partial charge in [0.2, 0.25) is 10.0 Å². The summed E-state index contributed by atoms with van der Waals surface area (Å²) in [6.07, 6.45) is 0. The van der Waals surface area contributed by atoms with Crippen LogP contribution in [0.15, 0.2) is 34.1 Å². The van der Waals surface area contributed by atoms with Gasteiger partial charge in [-0.15, -0.1) is 0 Å². The monoisotopic (exact) mass is 341 g/mol. The van der Waals surface area contributed by atoms with Gasteiger partial charge in [-0.3, -0.25) is 0 Å². The first kappa shape index (κ1) is 17.4. The van der Waals surface area contributed by atoms with Crippen molar-refractivity contribution < 1.29 is 21.6 Å². The van der Waals surface area contributed by atoms with Gasteiger partial charge >= 0.3 is 0 Å². The molecule has 6 nitrogen and oxygen atoms in total. The molecule has 1 rings (SSSR count). The van der Waals surface area contributed by atoms with Gasteiger partial charge in [-0.2, -0.15) is 0 Å². The molecule has 0 aromatic heterocycles. The molecule has 0 atom stereocenters. The molecule has 9 heteroatoms. The summed E-state index contributed by atoms with van der Waals surface area (Å²) >= 11 is 0. The minimum Gasteiger partial charge on any atom is -0.377 e. The molecule has 20 heavy (non-hydrogen) atoms. The van der Waals surface area contributed by atoms with Crippen LogP contribution in [0.25, 0.3) is 0 Å². The van der Waals surface area contributed by atoms with Gasteiger partial charge in [0.05, 0.1) is 15.4 Å². The van der Waals surface area contributed by atoms with E-state index in [2.05, 4.69) is 4.72 Å². The number of benzene rings is 1. The lowest BCUT2D eigenvalue weighted by molar-refractivity contribution is 0.0276. The number of sulfonamides is 1. The highest BCUT2D eigenvalue weighted by Gasteiger charge is 2.22. The first-order valence-electron chi connectivity index (χ1n) is 5.57. The molecule has 0 aliphatic heterocycles. The third kappa shape index (κ3) is 4.71. The lowest BCUT2D eigenvalue weighted by atomic mass is 10.1. The van der Waals surface area contributed by atoms with Gasteiger partial charge in [0.15, 0.2) is 0 Å². The number of halogens is 1. The Balaban J connectivity index is 2.94. The Bertz CT molecular complexity index is 665. The molecule has 1 N–H and O–H groups in total. The maximum Gasteiger partial charge on any atom is 0.261 e. The summed E-state index contributed by atoms with van der Waals surface area (Å²) in [5.41, 5.74) is -0.646. The van der Waals surface area contributed by atoms with Crippen LogP contribution in [0, 0.1) is 0 Å². The van der Waals surface area contributed by atoms with E-state index in [0.29, 0.717) is 0 Å². The summed E-state index contributed by atoms with van der Waals surface area (Å²) in [6, 6.07) is 4.63. The second-order valence-electron chi connectivity index (χ2n) is 4.70. The zero-order chi connectivity index (χ0) is 15.6. The summed E-state index contributed by atoms with van der Waals surface area (Å²) in [4.78, 5) is -0.205. The molecule has 1 aromatic carbocycles. The Morgan fingerprint density at radius 1 is 1.10 bits per heavy atom. The highest BCUT2D eigenvalue weighted by molar-refractivity contribution is 8.13. The van der Waals surface area contributed by atoms with Crippen molar-refractivity contribution in [2.45, 2.75) is 29.2 Å². The Kier molecular flexibility index (Phi) is 5.20. The number of nitrogens with one attached hydrogen (secondary N) is 1. The Labute approximate surface area is 123 Å². The van der Waals surface area contributed by atoms with E-state index >= 15 is 0 Å². The van der Waals surface area contributed by atoms with E-state index in [1.54, 1.807) is 13.8 Å². The van der Waals surface area contributed by atoms with Crippen LogP contribution in [0.5, 0.6) is 0 Å². The zero-order valence-electron chi connectivity index (χ0n) is 11.3. The van der Waals surface area contributed by atoms with Crippen LogP contribution in [-0.2, 0) is 23.8 Å². The number of hydrogen-bond acceptors (Lipinski definition) is 5. The molecule has 0 radical (unpaired) electrons. The fourth-order valence-electron chi connectivity index (χ4n) is 1.21. The van der Waals surface area contributed by atoms with E-state index in [4.69, 9.17) is 15.4 Å². The quantitative estimate of drug-likeness (QED) is 0.788. The van der Waals surface area contributed by atoms with Crippen LogP contribution in [0.3, 0.4) is 0 Å². The molecule has 0 saturated carbocycles. The van der Waals surface area contributed by atoms with Crippen LogP contribution in [-0.4, -0.2) is 36.1 Å². The van der Waals surface area contributed by atoms with Gasteiger partial charge in [0, 0.05) is 24.3 Å². The van der Waals surface area contributed by atoms with E-state index in [1.807, 2.05) is 0 Å². The van der Waals surface area contributed by atoms with Crippen molar-refractivity contribution in [3.8, 4) is 0 Å². The van der Waals surface area contributed by atoms with Crippen molar-refractivity contribution in [2.75, 3.05) is 13.7 Å². The fraction of sp³-hybridized carbons (Fsp3) is 0.455. The second kappa shape index (κ2) is 5.98. The highest BCUT2D eigenvalue weighted by atomic mass is 35.7. The van der Waals surface area contributed by atoms with E-state index in [1.165, 1.54) is 19.2 Å². The molecule has 0 bridgehead atoms. The third-order valence-electron chi connectivity index (χ3n) is 2.66. The standard InChI is InChI=1S/C11H16ClNO5S2/c1-11(2,18-3)8-13-20(16,17)10-6-4-9(5-7-10)19(12,14)15/h4-7,13H,8H2,1-3H3. The van der Waals surface area contributed by atoms with E-state index < -0.39 is 24.7 Å². The van der Waals surface area contributed by atoms with Gasteiger partial charge in [0.25, 0.3) is 9.05 Å². The van der Waals surface area contributed by atoms with Crippen molar-refractivity contribution >= 4 is 29.8 Å². The van der Waals surface area contributed by atoms with E-state index in [-0.39, 0.29) is 16.3 Å². The summed E-state index contributed by atoms with van der Waals surface area (Å²) in [5, 5.41) is 0. The van der Waals surface area contributed by atoms with Gasteiger partial charge < -0.3 is 4.74 Å². The smallest absolute Gasteiger partial charge is 0.261 e. The van der Waals surface area contributed by atoms with Crippen molar-refractivity contribution in [3.05, 3.63) is 24.3 Å². The molecule has 0 amide bonds. The molecule has 0 spiro atoms. The average Bonchev–Trinajstić information content (AvgIpc) is 2.36. The van der Waals surface area contributed by atoms with Crippen LogP contribution >= 0.6 is 10.7 Å². The molecule has 0 unspecified atom stereocenters. The molecule has 0 heterocycles. The largest absolute Gasteiger partial charge is 0.377 e. The molecule has 114 valence electrons. The minimum absolute atomic E-state index is 0.0477. The first-order chi connectivity index (χ1) is 8.98. The number of rotatable bonds is 6. The van der Waals surface area contributed by atoms with Gasteiger partial charge in [0.1, 0.15) is 0 Å². The summed E-state index contributed by atoms with van der Waals surface area (Å²) in [5.74, 6) is 0. The lowest BCUT2D eigenvalue weighted by Crippen LogP contribution is -2.39. The summed E-state index contributed by atoms with van der Waals surface area (Å²) < 4.78 is 53.7. The van der Waals surface area contributed by atoms with Gasteiger partial charge in [-0.25, -0.2) is 21.6 Å². The fourth-order valence-corrected chi connectivity index (χ4v) is 3.17. The average molecular weight is 342 g/mol. The highest BCUT2D eigenvalue weighted by Crippen LogP contribution is 2.18. The number of ether oxygens (including phenoxy) is 1. The first-order valence-corrected chi connectivity index (χ1v) is 9.37. The van der Waals surface area contributed by atoms with E-state index in [0.717, 1.165) is 12.1 Å². The third-order valence-corrected chi connectivity index (χ3v) is 5.44. The lowest BCUT2D eigenvalue weighted by Gasteiger charge is -2.23. The number of methoxy groups -OCH3 is 1. The zero-order valence-corrected chi connectivity index (χ0v) is 13.6. The predicted molar refractivity (Wildman–Crippen MR) is 75.8 cm³/mol. The van der Waals surface area contributed by atoms with Gasteiger partial charge in [-0.05, 0) is 38.1 Å². The molecule has 0 saturated heterocycles. The summed E-state index contributed by atoms with van der Waals surface area (Å²) in [7, 11) is -0.965. The molecule has 0 aliphatic rings. The normalized spacial score (nSPS) is 13.4. The van der Waals surface area contributed by atoms with Gasteiger partial charge in [-0.1, -0.05) is 0 Å². The van der Waals surface area contributed by atoms with Crippen molar-refractivity contribution in [1.29, 1.82) is 0 Å². The van der Waals surface area contributed by atoms with Crippen molar-refractivity contribution in [1.82, 2.24) is 4.72 Å². The van der Waals surface area contributed by atoms with E-state index in [9.17, 15) is 16.8 Å². The minimum atomic E-state index is -3.87. The Morgan fingerprint density at radius 2 is 1.55 bits per heavy atom. The molecule has 0 fully saturated rings. The maximum atomic E-state index is 12.0. The SMILES string of the molecule is COC(C)(C)CNS(=O)(=O)c1ccc(S(=O)(=O)Cl)cc1. The van der Waals surface area contributed by atoms with Crippen LogP contribution in [0.1, 0.15) is 13.8 Å². The predicted octanol–water partition coefficient (Wildman–Crippen LogP) is 1.32. The topological polar surface area (TPSA) is 89.5 Å². The Morgan fingerprint density at radius 3 is 1.95 bits per heavy atom. The second-order valence-corrected chi connectivity index (χ2v) is 9.03. The molecular formula is C11H16ClNO5S2. The number of hydrogen-bond donors (Lipinski definition) is 1. The Hall–Kier alpha value is -0.670. The van der Waals surface area contributed by atoms with Crippen molar-refractivity contribution in [3.63, 3.8) is 0 Å². The van der Waals surface area contributed by atoms with Crippen LogP contribution in [0.4, 0.5) is 0 Å². The maximum absolute atomic E-state index is 12.0. The molecule has 1 aromatic rings. The summed E-state index contributed by atoms with van der Waals surface area (Å²) in [6.45, 7) is 3.55. The molecular weight excluding hydrogens is 326 g/mol. The molecule has 0 aliphatic carbocycles. The van der Waals surface area contributed by atoms with Crippen LogP contribution < -0.4 is 4.72 Å². The van der Waals surface area contributed by atoms with Crippen molar-refractivity contribution in [2.24, 2.45) is 0 Å².